The Morgan fingerprint density at radius 3 is 2.58 bits per heavy atom. The zero-order valence-corrected chi connectivity index (χ0v) is 15.7. The highest BCUT2D eigenvalue weighted by molar-refractivity contribution is 5.89. The summed E-state index contributed by atoms with van der Waals surface area (Å²) in [6.07, 6.45) is 5.31. The highest BCUT2D eigenvalue weighted by Gasteiger charge is 2.32. The number of aromatic nitrogens is 1. The molecule has 7 heteroatoms. The summed E-state index contributed by atoms with van der Waals surface area (Å²) in [6.45, 7) is 5.92. The number of pyridine rings is 1. The predicted octanol–water partition coefficient (Wildman–Crippen LogP) is 1.95. The van der Waals surface area contributed by atoms with Crippen LogP contribution in [-0.4, -0.2) is 53.5 Å². The van der Waals surface area contributed by atoms with Gasteiger partial charge in [0.1, 0.15) is 0 Å². The lowest BCUT2D eigenvalue weighted by molar-refractivity contribution is -0.127. The Balaban J connectivity index is 1.44. The summed E-state index contributed by atoms with van der Waals surface area (Å²) in [7, 11) is 0. The molecule has 1 saturated carbocycles. The van der Waals surface area contributed by atoms with Crippen molar-refractivity contribution in [3.05, 3.63) is 23.5 Å². The number of nitrogens with one attached hydrogen (secondary N) is 3. The second kappa shape index (κ2) is 8.49. The molecule has 0 bridgehead atoms. The van der Waals surface area contributed by atoms with Gasteiger partial charge >= 0.3 is 6.03 Å². The van der Waals surface area contributed by atoms with Crippen molar-refractivity contribution in [2.45, 2.75) is 58.0 Å². The van der Waals surface area contributed by atoms with Crippen LogP contribution >= 0.6 is 0 Å². The molecule has 2 heterocycles. The first-order chi connectivity index (χ1) is 12.5. The smallest absolute Gasteiger partial charge is 0.319 e. The second-order valence-corrected chi connectivity index (χ2v) is 7.35. The predicted molar refractivity (Wildman–Crippen MR) is 101 cm³/mol. The summed E-state index contributed by atoms with van der Waals surface area (Å²) in [5.74, 6) is 0.152. The number of likely N-dealkylation sites (tertiary alicyclic amines) is 1. The highest BCUT2D eigenvalue weighted by atomic mass is 16.2. The van der Waals surface area contributed by atoms with Gasteiger partial charge in [0.15, 0.2) is 0 Å². The zero-order chi connectivity index (χ0) is 18.5. The summed E-state index contributed by atoms with van der Waals surface area (Å²) >= 11 is 0. The molecule has 0 spiro atoms. The normalized spacial score (nSPS) is 20.5. The molecule has 0 aromatic carbocycles. The maximum Gasteiger partial charge on any atom is 0.319 e. The molecular formula is C19H29N5O2. The van der Waals surface area contributed by atoms with E-state index in [0.29, 0.717) is 19.1 Å². The first-order valence-electron chi connectivity index (χ1n) is 9.56. The molecule has 2 aliphatic rings. The Kier molecular flexibility index (Phi) is 6.08. The third-order valence-corrected chi connectivity index (χ3v) is 4.86. The number of aryl methyl sites for hydroxylation is 2. The Hall–Kier alpha value is -2.15. The molecule has 1 aliphatic heterocycles. The van der Waals surface area contributed by atoms with E-state index in [2.05, 4.69) is 25.8 Å². The van der Waals surface area contributed by atoms with E-state index in [1.807, 2.05) is 26.0 Å². The largest absolute Gasteiger partial charge is 0.352 e. The minimum Gasteiger partial charge on any atom is -0.352 e. The van der Waals surface area contributed by atoms with Gasteiger partial charge in [-0.1, -0.05) is 6.42 Å². The Morgan fingerprint density at radius 1 is 1.15 bits per heavy atom. The van der Waals surface area contributed by atoms with Crippen LogP contribution in [0.2, 0.25) is 0 Å². The van der Waals surface area contributed by atoms with Gasteiger partial charge in [0.2, 0.25) is 5.91 Å². The molecule has 7 nitrogen and oxygen atoms in total. The van der Waals surface area contributed by atoms with Crippen molar-refractivity contribution in [1.29, 1.82) is 0 Å². The Bertz CT molecular complexity index is 639. The summed E-state index contributed by atoms with van der Waals surface area (Å²) < 4.78 is 0. The lowest BCUT2D eigenvalue weighted by atomic mass is 10.0. The number of anilines is 1. The molecule has 142 valence electrons. The minimum absolute atomic E-state index is 0.0558. The van der Waals surface area contributed by atoms with E-state index in [1.165, 1.54) is 0 Å². The van der Waals surface area contributed by atoms with Crippen molar-refractivity contribution < 1.29 is 9.59 Å². The molecule has 1 aliphatic carbocycles. The van der Waals surface area contributed by atoms with E-state index < -0.39 is 0 Å². The van der Waals surface area contributed by atoms with E-state index in [4.69, 9.17) is 0 Å². The third-order valence-electron chi connectivity index (χ3n) is 4.86. The summed E-state index contributed by atoms with van der Waals surface area (Å²) in [5, 5.41) is 8.84. The number of urea groups is 1. The first-order valence-corrected chi connectivity index (χ1v) is 9.56. The minimum atomic E-state index is -0.231. The summed E-state index contributed by atoms with van der Waals surface area (Å²) in [4.78, 5) is 31.0. The van der Waals surface area contributed by atoms with Crippen LogP contribution in [0.3, 0.4) is 0 Å². The number of carbonyl (C=O) groups is 2. The summed E-state index contributed by atoms with van der Waals surface area (Å²) in [6, 6.07) is 3.79. The van der Waals surface area contributed by atoms with Crippen molar-refractivity contribution in [2.24, 2.45) is 0 Å². The van der Waals surface area contributed by atoms with Crippen LogP contribution in [0.25, 0.3) is 0 Å². The molecule has 3 N–H and O–H groups in total. The molecule has 0 radical (unpaired) electrons. The standard InChI is InChI=1S/C19H29N5O2/c1-13-11-16(12-14(2)21-13)23-19(26)20-8-10-24-9-4-3-5-17(24)18(25)22-15-6-7-15/h11-12,15,17H,3-10H2,1-2H3,(H,22,25)(H2,20,21,23,26). The van der Waals surface area contributed by atoms with E-state index in [1.54, 1.807) is 0 Å². The molecule has 2 fully saturated rings. The lowest BCUT2D eigenvalue weighted by Crippen LogP contribution is -2.52. The van der Waals surface area contributed by atoms with Gasteiger partial charge in [0, 0.05) is 36.2 Å². The van der Waals surface area contributed by atoms with Crippen molar-refractivity contribution in [1.82, 2.24) is 20.5 Å². The van der Waals surface area contributed by atoms with Gasteiger partial charge in [0.25, 0.3) is 0 Å². The third kappa shape index (κ3) is 5.42. The maximum absolute atomic E-state index is 12.4. The average molecular weight is 359 g/mol. The van der Waals surface area contributed by atoms with E-state index in [-0.39, 0.29) is 18.0 Å². The molecule has 3 rings (SSSR count). The number of hydrogen-bond donors (Lipinski definition) is 3. The van der Waals surface area contributed by atoms with Gasteiger partial charge < -0.3 is 16.0 Å². The Morgan fingerprint density at radius 2 is 1.88 bits per heavy atom. The fraction of sp³-hybridized carbons (Fsp3) is 0.632. The molecule has 1 atom stereocenters. The zero-order valence-electron chi connectivity index (χ0n) is 15.7. The van der Waals surface area contributed by atoms with Crippen molar-refractivity contribution in [3.63, 3.8) is 0 Å². The SMILES string of the molecule is Cc1cc(NC(=O)NCCN2CCCCC2C(=O)NC2CC2)cc(C)n1. The van der Waals surface area contributed by atoms with Gasteiger partial charge in [-0.05, 0) is 58.2 Å². The second-order valence-electron chi connectivity index (χ2n) is 7.35. The quantitative estimate of drug-likeness (QED) is 0.725. The van der Waals surface area contributed by atoms with Crippen LogP contribution in [0, 0.1) is 13.8 Å². The monoisotopic (exact) mass is 359 g/mol. The van der Waals surface area contributed by atoms with Crippen LogP contribution in [0.5, 0.6) is 0 Å². The molecule has 26 heavy (non-hydrogen) atoms. The van der Waals surface area contributed by atoms with Crippen molar-refractivity contribution >= 4 is 17.6 Å². The van der Waals surface area contributed by atoms with Crippen LogP contribution in [0.1, 0.15) is 43.5 Å². The van der Waals surface area contributed by atoms with Crippen LogP contribution in [0.15, 0.2) is 12.1 Å². The van der Waals surface area contributed by atoms with Gasteiger partial charge in [-0.2, -0.15) is 0 Å². The number of carbonyl (C=O) groups excluding carboxylic acids is 2. The number of rotatable bonds is 6. The Labute approximate surface area is 154 Å². The summed E-state index contributed by atoms with van der Waals surface area (Å²) in [5.41, 5.74) is 2.49. The van der Waals surface area contributed by atoms with Gasteiger partial charge in [-0.15, -0.1) is 0 Å². The van der Waals surface area contributed by atoms with Crippen LogP contribution in [-0.2, 0) is 4.79 Å². The van der Waals surface area contributed by atoms with E-state index in [0.717, 1.165) is 55.7 Å². The van der Waals surface area contributed by atoms with Crippen molar-refractivity contribution in [2.75, 3.05) is 25.0 Å². The average Bonchev–Trinajstić information content (AvgIpc) is 3.38. The van der Waals surface area contributed by atoms with E-state index in [9.17, 15) is 9.59 Å². The maximum atomic E-state index is 12.4. The van der Waals surface area contributed by atoms with Crippen LogP contribution in [0.4, 0.5) is 10.5 Å². The molecular weight excluding hydrogens is 330 g/mol. The van der Waals surface area contributed by atoms with Gasteiger partial charge in [-0.25, -0.2) is 4.79 Å². The molecule has 3 amide bonds. The number of nitrogens with zero attached hydrogens (tertiary/aromatic N) is 2. The number of piperidine rings is 1. The van der Waals surface area contributed by atoms with Gasteiger partial charge in [-0.3, -0.25) is 14.7 Å². The van der Waals surface area contributed by atoms with Crippen molar-refractivity contribution in [3.8, 4) is 0 Å². The lowest BCUT2D eigenvalue weighted by Gasteiger charge is -2.34. The molecule has 1 saturated heterocycles. The highest BCUT2D eigenvalue weighted by Crippen LogP contribution is 2.21. The molecule has 1 aromatic heterocycles. The van der Waals surface area contributed by atoms with Gasteiger partial charge in [0.05, 0.1) is 6.04 Å². The molecule has 1 aromatic rings. The number of hydrogen-bond acceptors (Lipinski definition) is 4. The van der Waals surface area contributed by atoms with E-state index >= 15 is 0 Å². The fourth-order valence-electron chi connectivity index (χ4n) is 3.48. The molecule has 1 unspecified atom stereocenters. The number of amides is 3. The first kappa shape index (κ1) is 18.6. The van der Waals surface area contributed by atoms with Crippen LogP contribution < -0.4 is 16.0 Å². The topological polar surface area (TPSA) is 86.4 Å². The fourth-order valence-corrected chi connectivity index (χ4v) is 3.48.